The van der Waals surface area contributed by atoms with Crippen molar-refractivity contribution in [1.29, 1.82) is 5.26 Å². The summed E-state index contributed by atoms with van der Waals surface area (Å²) in [5, 5.41) is 13.8. The Kier molecular flexibility index (Phi) is 2.04. The van der Waals surface area contributed by atoms with E-state index in [1.165, 1.54) is 0 Å². The van der Waals surface area contributed by atoms with Crippen molar-refractivity contribution in [2.45, 2.75) is 0 Å². The van der Waals surface area contributed by atoms with Gasteiger partial charge in [0.25, 0.3) is 0 Å². The first-order chi connectivity index (χ1) is 6.85. The van der Waals surface area contributed by atoms with Crippen LogP contribution >= 0.6 is 0 Å². The van der Waals surface area contributed by atoms with Gasteiger partial charge in [-0.2, -0.15) is 5.26 Å². The second-order valence-corrected chi connectivity index (χ2v) is 2.96. The summed E-state index contributed by atoms with van der Waals surface area (Å²) in [7, 11) is 1.87. The zero-order valence-electron chi connectivity index (χ0n) is 7.78. The first-order valence-electron chi connectivity index (χ1n) is 4.32. The maximum atomic E-state index is 8.83. The van der Waals surface area contributed by atoms with Crippen LogP contribution in [0.5, 0.6) is 0 Å². The Morgan fingerprint density at radius 2 is 2.21 bits per heavy atom. The van der Waals surface area contributed by atoms with Crippen LogP contribution in [0.3, 0.4) is 0 Å². The van der Waals surface area contributed by atoms with Crippen molar-refractivity contribution < 1.29 is 0 Å². The molecule has 0 spiro atoms. The Labute approximate surface area is 82.0 Å². The van der Waals surface area contributed by atoms with Gasteiger partial charge in [0.15, 0.2) is 0 Å². The predicted octanol–water partition coefficient (Wildman–Crippen LogP) is 2.15. The normalized spacial score (nSPS) is 9.71. The van der Waals surface area contributed by atoms with Gasteiger partial charge in [0.2, 0.25) is 0 Å². The number of fused-ring (bicyclic) bond motifs is 1. The minimum absolute atomic E-state index is 0.477. The van der Waals surface area contributed by atoms with Gasteiger partial charge >= 0.3 is 0 Å². The molecule has 2 rings (SSSR count). The van der Waals surface area contributed by atoms with Gasteiger partial charge in [-0.1, -0.05) is 0 Å². The van der Waals surface area contributed by atoms with Crippen molar-refractivity contribution in [2.75, 3.05) is 12.4 Å². The summed E-state index contributed by atoms with van der Waals surface area (Å²) in [4.78, 5) is 4.00. The first kappa shape index (κ1) is 8.52. The molecule has 1 N–H and O–H groups in total. The van der Waals surface area contributed by atoms with E-state index >= 15 is 0 Å². The highest BCUT2D eigenvalue weighted by Gasteiger charge is 2.00. The van der Waals surface area contributed by atoms with Gasteiger partial charge in [-0.15, -0.1) is 0 Å². The minimum atomic E-state index is 0.477. The van der Waals surface area contributed by atoms with Crippen molar-refractivity contribution in [3.05, 3.63) is 36.2 Å². The van der Waals surface area contributed by atoms with Crippen molar-refractivity contribution in [1.82, 2.24) is 4.98 Å². The maximum absolute atomic E-state index is 8.83. The zero-order valence-corrected chi connectivity index (χ0v) is 7.78. The van der Waals surface area contributed by atoms with E-state index < -0.39 is 0 Å². The van der Waals surface area contributed by atoms with Gasteiger partial charge in [0.1, 0.15) is 11.8 Å². The second kappa shape index (κ2) is 3.35. The number of hydrogen-bond acceptors (Lipinski definition) is 3. The molecule has 68 valence electrons. The van der Waals surface area contributed by atoms with E-state index in [0.29, 0.717) is 5.69 Å². The van der Waals surface area contributed by atoms with Crippen LogP contribution in [0.1, 0.15) is 5.69 Å². The Morgan fingerprint density at radius 1 is 1.36 bits per heavy atom. The molecule has 0 saturated heterocycles. The van der Waals surface area contributed by atoms with Crippen molar-refractivity contribution >= 4 is 16.5 Å². The molecule has 0 aliphatic rings. The fourth-order valence-electron chi connectivity index (χ4n) is 1.42. The molecule has 0 amide bonds. The lowest BCUT2D eigenvalue weighted by Crippen LogP contribution is -1.89. The zero-order chi connectivity index (χ0) is 9.97. The third-order valence-electron chi connectivity index (χ3n) is 2.16. The number of nitrogens with one attached hydrogen (secondary N) is 1. The molecule has 0 fully saturated rings. The molecule has 3 nitrogen and oxygen atoms in total. The highest BCUT2D eigenvalue weighted by molar-refractivity contribution is 5.88. The Bertz CT molecular complexity index is 511. The molecule has 1 aromatic heterocycles. The summed E-state index contributed by atoms with van der Waals surface area (Å²) in [5.74, 6) is 0. The fourth-order valence-corrected chi connectivity index (χ4v) is 1.42. The van der Waals surface area contributed by atoms with Crippen LogP contribution < -0.4 is 5.32 Å². The molecule has 0 aliphatic carbocycles. The Balaban J connectivity index is 2.75. The summed E-state index contributed by atoms with van der Waals surface area (Å²) in [6, 6.07) is 9.82. The summed E-state index contributed by atoms with van der Waals surface area (Å²) < 4.78 is 0. The highest BCUT2D eigenvalue weighted by atomic mass is 14.8. The van der Waals surface area contributed by atoms with Gasteiger partial charge in [0, 0.05) is 24.3 Å². The van der Waals surface area contributed by atoms with Gasteiger partial charge in [0.05, 0.1) is 0 Å². The average Bonchev–Trinajstić information content (AvgIpc) is 2.27. The van der Waals surface area contributed by atoms with E-state index in [-0.39, 0.29) is 0 Å². The summed E-state index contributed by atoms with van der Waals surface area (Å²) in [6.07, 6.45) is 1.65. The summed E-state index contributed by atoms with van der Waals surface area (Å²) in [6.45, 7) is 0. The van der Waals surface area contributed by atoms with Crippen molar-refractivity contribution in [2.24, 2.45) is 0 Å². The molecular formula is C11H9N3. The van der Waals surface area contributed by atoms with E-state index in [9.17, 15) is 0 Å². The molecule has 3 heteroatoms. The van der Waals surface area contributed by atoms with Crippen LogP contribution in [-0.4, -0.2) is 12.0 Å². The quantitative estimate of drug-likeness (QED) is 0.736. The van der Waals surface area contributed by atoms with E-state index in [1.54, 1.807) is 6.20 Å². The molecule has 1 heterocycles. The Hall–Kier alpha value is -2.08. The number of benzene rings is 1. The number of nitrogens with zero attached hydrogens (tertiary/aromatic N) is 2. The molecule has 0 aliphatic heterocycles. The van der Waals surface area contributed by atoms with E-state index in [0.717, 1.165) is 16.5 Å². The van der Waals surface area contributed by atoms with Gasteiger partial charge in [-0.05, 0) is 29.7 Å². The SMILES string of the molecule is CNc1ccc2c(C#N)nccc2c1. The summed E-state index contributed by atoms with van der Waals surface area (Å²) in [5.41, 5.74) is 1.51. The van der Waals surface area contributed by atoms with E-state index in [1.807, 2.05) is 31.3 Å². The van der Waals surface area contributed by atoms with Crippen LogP contribution in [0.4, 0.5) is 5.69 Å². The molecule has 14 heavy (non-hydrogen) atoms. The molecule has 0 saturated carbocycles. The van der Waals surface area contributed by atoms with E-state index in [4.69, 9.17) is 5.26 Å². The fraction of sp³-hybridized carbons (Fsp3) is 0.0909. The molecule has 0 bridgehead atoms. The third-order valence-corrected chi connectivity index (χ3v) is 2.16. The van der Waals surface area contributed by atoms with Crippen LogP contribution in [-0.2, 0) is 0 Å². The highest BCUT2D eigenvalue weighted by Crippen LogP contribution is 2.20. The van der Waals surface area contributed by atoms with Gasteiger partial charge in [-0.3, -0.25) is 0 Å². The van der Waals surface area contributed by atoms with E-state index in [2.05, 4.69) is 16.4 Å². The lowest BCUT2D eigenvalue weighted by atomic mass is 10.1. The molecule has 2 aromatic rings. The maximum Gasteiger partial charge on any atom is 0.148 e. The molecule has 1 aromatic carbocycles. The largest absolute Gasteiger partial charge is 0.388 e. The molecule has 0 radical (unpaired) electrons. The first-order valence-corrected chi connectivity index (χ1v) is 4.32. The number of nitriles is 1. The topological polar surface area (TPSA) is 48.7 Å². The average molecular weight is 183 g/mol. The number of aromatic nitrogens is 1. The number of rotatable bonds is 1. The number of hydrogen-bond donors (Lipinski definition) is 1. The van der Waals surface area contributed by atoms with Crippen LogP contribution in [0.25, 0.3) is 10.8 Å². The summed E-state index contributed by atoms with van der Waals surface area (Å²) >= 11 is 0. The standard InChI is InChI=1S/C11H9N3/c1-13-9-2-3-10-8(6-9)4-5-14-11(10)7-12/h2-6,13H,1H3. The molecular weight excluding hydrogens is 174 g/mol. The molecule has 0 unspecified atom stereocenters. The lowest BCUT2D eigenvalue weighted by Gasteiger charge is -2.02. The molecule has 0 atom stereocenters. The van der Waals surface area contributed by atoms with Gasteiger partial charge in [-0.25, -0.2) is 4.98 Å². The number of pyridine rings is 1. The van der Waals surface area contributed by atoms with Gasteiger partial charge < -0.3 is 5.32 Å². The second-order valence-electron chi connectivity index (χ2n) is 2.96. The third kappa shape index (κ3) is 1.27. The van der Waals surface area contributed by atoms with Crippen LogP contribution in [0.2, 0.25) is 0 Å². The Morgan fingerprint density at radius 3 is 2.93 bits per heavy atom. The van der Waals surface area contributed by atoms with Crippen molar-refractivity contribution in [3.63, 3.8) is 0 Å². The smallest absolute Gasteiger partial charge is 0.148 e. The predicted molar refractivity (Wildman–Crippen MR) is 56.0 cm³/mol. The minimum Gasteiger partial charge on any atom is -0.388 e. The monoisotopic (exact) mass is 183 g/mol. The van der Waals surface area contributed by atoms with Crippen LogP contribution in [0, 0.1) is 11.3 Å². The van der Waals surface area contributed by atoms with Crippen LogP contribution in [0.15, 0.2) is 30.5 Å². The lowest BCUT2D eigenvalue weighted by molar-refractivity contribution is 1.30. The number of anilines is 1. The van der Waals surface area contributed by atoms with Crippen molar-refractivity contribution in [3.8, 4) is 6.07 Å².